The Morgan fingerprint density at radius 1 is 0.778 bits per heavy atom. The third kappa shape index (κ3) is 11.9. The summed E-state index contributed by atoms with van der Waals surface area (Å²) in [5, 5.41) is 2.86. The molecule has 1 nitrogen and oxygen atoms in total. The number of hydrogen-bond acceptors (Lipinski definition) is 1. The molecule has 0 aromatic heterocycles. The van der Waals surface area contributed by atoms with Crippen LogP contribution < -0.4 is 5.32 Å². The van der Waals surface area contributed by atoms with Crippen LogP contribution in [0.25, 0.3) is 0 Å². The van der Waals surface area contributed by atoms with Crippen molar-refractivity contribution < 1.29 is 8.78 Å². The molecule has 18 heavy (non-hydrogen) atoms. The molecule has 0 amide bonds. The molecule has 3 heteroatoms. The molecule has 0 spiro atoms. The summed E-state index contributed by atoms with van der Waals surface area (Å²) in [6.45, 7) is 4.57. The van der Waals surface area contributed by atoms with E-state index in [0.29, 0.717) is 13.1 Å². The van der Waals surface area contributed by atoms with E-state index in [0.717, 1.165) is 0 Å². The van der Waals surface area contributed by atoms with Gasteiger partial charge in [0.15, 0.2) is 0 Å². The maximum absolute atomic E-state index is 12.2. The first-order valence-electron chi connectivity index (χ1n) is 7.04. The van der Waals surface area contributed by atoms with Gasteiger partial charge < -0.3 is 5.32 Å². The molecule has 0 unspecified atom stereocenters. The maximum atomic E-state index is 12.2. The molecule has 1 saturated carbocycles. The van der Waals surface area contributed by atoms with Crippen LogP contribution in [0.15, 0.2) is 0 Å². The molecule has 1 N–H and O–H groups in total. The fraction of sp³-hybridized carbons (Fsp3) is 0.867. The van der Waals surface area contributed by atoms with Crippen LogP contribution in [0.3, 0.4) is 0 Å². The first-order chi connectivity index (χ1) is 8.62. The average molecular weight is 259 g/mol. The summed E-state index contributed by atoms with van der Waals surface area (Å²) >= 11 is 0. The van der Waals surface area contributed by atoms with Crippen molar-refractivity contribution in [3.8, 4) is 11.8 Å². The summed E-state index contributed by atoms with van der Waals surface area (Å²) in [4.78, 5) is 0. The monoisotopic (exact) mass is 259 g/mol. The first-order valence-corrected chi connectivity index (χ1v) is 7.04. The van der Waals surface area contributed by atoms with E-state index in [2.05, 4.69) is 17.2 Å². The summed E-state index contributed by atoms with van der Waals surface area (Å²) < 4.78 is 24.3. The minimum atomic E-state index is -2.38. The van der Waals surface area contributed by atoms with Crippen molar-refractivity contribution in [3.63, 3.8) is 0 Å². The Bertz CT molecular complexity index is 211. The fourth-order valence-electron chi connectivity index (χ4n) is 1.85. The van der Waals surface area contributed by atoms with E-state index < -0.39 is 5.92 Å². The Balaban J connectivity index is 0.000000257. The highest BCUT2D eigenvalue weighted by molar-refractivity contribution is 4.89. The molecule has 0 aromatic rings. The summed E-state index contributed by atoms with van der Waals surface area (Å²) in [5.41, 5.74) is 0. The molecule has 1 heterocycles. The molecule has 1 aliphatic carbocycles. The third-order valence-electron chi connectivity index (χ3n) is 3.09. The van der Waals surface area contributed by atoms with Crippen molar-refractivity contribution in [2.75, 3.05) is 13.1 Å². The molecule has 1 aliphatic heterocycles. The molecule has 0 bridgehead atoms. The normalized spacial score (nSPS) is 21.1. The number of nitrogens with one attached hydrogen (secondary N) is 1. The molecule has 106 valence electrons. The quantitative estimate of drug-likeness (QED) is 0.637. The molecule has 0 radical (unpaired) electrons. The van der Waals surface area contributed by atoms with Crippen LogP contribution in [0.1, 0.15) is 65.2 Å². The van der Waals surface area contributed by atoms with Gasteiger partial charge in [-0.2, -0.15) is 0 Å². The highest BCUT2D eigenvalue weighted by Crippen LogP contribution is 2.23. The van der Waals surface area contributed by atoms with Gasteiger partial charge in [0.25, 0.3) is 5.92 Å². The van der Waals surface area contributed by atoms with Crippen molar-refractivity contribution in [2.45, 2.75) is 71.1 Å². The van der Waals surface area contributed by atoms with Gasteiger partial charge in [0, 0.05) is 25.9 Å². The zero-order valence-corrected chi connectivity index (χ0v) is 11.8. The topological polar surface area (TPSA) is 12.0 Å². The molecule has 0 aromatic carbocycles. The average Bonchev–Trinajstić information content (AvgIpc) is 2.41. The third-order valence-corrected chi connectivity index (χ3v) is 3.09. The van der Waals surface area contributed by atoms with Crippen LogP contribution in [0.4, 0.5) is 8.78 Å². The smallest absolute Gasteiger partial charge is 0.250 e. The lowest BCUT2D eigenvalue weighted by Gasteiger charge is -2.21. The summed E-state index contributed by atoms with van der Waals surface area (Å²) in [5.74, 6) is 2.98. The predicted octanol–water partition coefficient (Wildman–Crippen LogP) is 4.38. The lowest BCUT2D eigenvalue weighted by molar-refractivity contribution is -0.0274. The Kier molecular flexibility index (Phi) is 11.1. The highest BCUT2D eigenvalue weighted by atomic mass is 19.3. The zero-order chi connectivity index (χ0) is 13.7. The Morgan fingerprint density at radius 3 is 1.28 bits per heavy atom. The van der Waals surface area contributed by atoms with E-state index in [1.807, 2.05) is 13.8 Å². The second-order valence-electron chi connectivity index (χ2n) is 4.73. The van der Waals surface area contributed by atoms with E-state index in [4.69, 9.17) is 0 Å². The molecule has 2 aliphatic rings. The Morgan fingerprint density at radius 2 is 1.11 bits per heavy atom. The van der Waals surface area contributed by atoms with Crippen molar-refractivity contribution in [1.29, 1.82) is 0 Å². The van der Waals surface area contributed by atoms with Crippen LogP contribution in [-0.4, -0.2) is 19.0 Å². The Labute approximate surface area is 111 Å². The van der Waals surface area contributed by atoms with E-state index in [1.165, 1.54) is 38.5 Å². The lowest BCUT2D eigenvalue weighted by atomic mass is 10.0. The molecular weight excluding hydrogens is 232 g/mol. The molecule has 2 fully saturated rings. The zero-order valence-electron chi connectivity index (χ0n) is 11.8. The van der Waals surface area contributed by atoms with Gasteiger partial charge in [0.2, 0.25) is 0 Å². The van der Waals surface area contributed by atoms with Crippen molar-refractivity contribution in [1.82, 2.24) is 5.32 Å². The van der Waals surface area contributed by atoms with Gasteiger partial charge in [0.05, 0.1) is 0 Å². The summed E-state index contributed by atoms with van der Waals surface area (Å²) in [6.07, 6.45) is 9.01. The van der Waals surface area contributed by atoms with Crippen molar-refractivity contribution in [2.24, 2.45) is 0 Å². The number of hydrogen-bond donors (Lipinski definition) is 1. The van der Waals surface area contributed by atoms with Crippen LogP contribution in [-0.2, 0) is 0 Å². The van der Waals surface area contributed by atoms with Gasteiger partial charge in [-0.3, -0.25) is 0 Å². The van der Waals surface area contributed by atoms with Crippen LogP contribution in [0.2, 0.25) is 0 Å². The molecule has 2 rings (SSSR count). The number of piperidine rings is 1. The van der Waals surface area contributed by atoms with Gasteiger partial charge >= 0.3 is 0 Å². The van der Waals surface area contributed by atoms with E-state index in [-0.39, 0.29) is 12.8 Å². The van der Waals surface area contributed by atoms with Gasteiger partial charge in [-0.25, -0.2) is 8.78 Å². The number of halogens is 2. The number of alkyl halides is 2. The van der Waals surface area contributed by atoms with Gasteiger partial charge in [-0.05, 0) is 13.8 Å². The standard InChI is InChI=1S/C6H12.C5H9F2N.C4H6/c1-2-4-6-5-3-1;6-5(7)1-3-8-4-2-5;1-3-4-2/h1-6H2;8H,1-4H2;1-2H3. The Hall–Kier alpha value is -0.620. The number of rotatable bonds is 0. The van der Waals surface area contributed by atoms with Gasteiger partial charge in [-0.15, -0.1) is 11.8 Å². The largest absolute Gasteiger partial charge is 0.316 e. The summed E-state index contributed by atoms with van der Waals surface area (Å²) in [6, 6.07) is 0. The minimum absolute atomic E-state index is 0.00694. The van der Waals surface area contributed by atoms with E-state index in [1.54, 1.807) is 0 Å². The van der Waals surface area contributed by atoms with Crippen molar-refractivity contribution >= 4 is 0 Å². The van der Waals surface area contributed by atoms with Crippen LogP contribution in [0, 0.1) is 11.8 Å². The second-order valence-corrected chi connectivity index (χ2v) is 4.73. The minimum Gasteiger partial charge on any atom is -0.316 e. The van der Waals surface area contributed by atoms with Gasteiger partial charge in [-0.1, -0.05) is 38.5 Å². The highest BCUT2D eigenvalue weighted by Gasteiger charge is 2.30. The van der Waals surface area contributed by atoms with Crippen molar-refractivity contribution in [3.05, 3.63) is 0 Å². The SMILES string of the molecule is C1CCCCC1.CC#CC.FC1(F)CCNCC1. The first kappa shape index (κ1) is 17.4. The lowest BCUT2D eigenvalue weighted by Crippen LogP contribution is -2.35. The van der Waals surface area contributed by atoms with E-state index in [9.17, 15) is 8.78 Å². The maximum Gasteiger partial charge on any atom is 0.250 e. The van der Waals surface area contributed by atoms with E-state index >= 15 is 0 Å². The molecule has 0 atom stereocenters. The molecule has 1 saturated heterocycles. The van der Waals surface area contributed by atoms with Crippen LogP contribution in [0.5, 0.6) is 0 Å². The predicted molar refractivity (Wildman–Crippen MR) is 73.9 cm³/mol. The second kappa shape index (κ2) is 11.5. The summed E-state index contributed by atoms with van der Waals surface area (Å²) in [7, 11) is 0. The fourth-order valence-corrected chi connectivity index (χ4v) is 1.85. The molecular formula is C15H27F2N. The van der Waals surface area contributed by atoms with Crippen LogP contribution >= 0.6 is 0 Å². The van der Waals surface area contributed by atoms with Gasteiger partial charge in [0.1, 0.15) is 0 Å².